The molecule has 0 spiro atoms. The standard InChI is InChI=1S/C14H12INO4/c15-7-1-3-8(4-2-7)16-13(17)11-9-5-6-10(20-9)12(11)14(18)19/h1-6,9-12H,(H,16,17)(H,18,19)/t9-,10+,11-,12-/m1/s1. The van der Waals surface area contributed by atoms with E-state index in [4.69, 9.17) is 4.74 Å². The zero-order valence-corrected chi connectivity index (χ0v) is 12.5. The van der Waals surface area contributed by atoms with Crippen LogP contribution in [0, 0.1) is 15.4 Å². The number of carboxylic acids is 1. The van der Waals surface area contributed by atoms with Crippen LogP contribution in [0.2, 0.25) is 0 Å². The number of carboxylic acid groups (broad SMARTS) is 1. The molecule has 4 atom stereocenters. The van der Waals surface area contributed by atoms with Crippen LogP contribution in [0.15, 0.2) is 36.4 Å². The van der Waals surface area contributed by atoms with Crippen molar-refractivity contribution in [2.45, 2.75) is 12.2 Å². The maximum atomic E-state index is 12.3. The SMILES string of the molecule is O=C(O)[C@H]1[C@H](C(=O)Nc2ccc(I)cc2)[C@H]2C=C[C@@H]1O2. The van der Waals surface area contributed by atoms with Crippen LogP contribution in [0.3, 0.4) is 0 Å². The summed E-state index contributed by atoms with van der Waals surface area (Å²) >= 11 is 2.18. The van der Waals surface area contributed by atoms with E-state index in [1.807, 2.05) is 12.1 Å². The maximum absolute atomic E-state index is 12.3. The number of fused-ring (bicyclic) bond motifs is 2. The molecule has 1 aromatic rings. The van der Waals surface area contributed by atoms with Crippen LogP contribution in [-0.4, -0.2) is 29.2 Å². The zero-order valence-electron chi connectivity index (χ0n) is 10.3. The van der Waals surface area contributed by atoms with Crippen LogP contribution in [0.25, 0.3) is 0 Å². The summed E-state index contributed by atoms with van der Waals surface area (Å²) in [5, 5.41) is 12.0. The quantitative estimate of drug-likeness (QED) is 0.616. The predicted molar refractivity (Wildman–Crippen MR) is 80.2 cm³/mol. The molecule has 0 unspecified atom stereocenters. The summed E-state index contributed by atoms with van der Waals surface area (Å²) in [4.78, 5) is 23.6. The second kappa shape index (κ2) is 5.17. The second-order valence-corrected chi connectivity index (χ2v) is 6.08. The molecule has 0 radical (unpaired) electrons. The Labute approximate surface area is 129 Å². The van der Waals surface area contributed by atoms with Gasteiger partial charge in [-0.2, -0.15) is 0 Å². The van der Waals surface area contributed by atoms with Gasteiger partial charge in [0.2, 0.25) is 5.91 Å². The molecule has 1 amide bonds. The topological polar surface area (TPSA) is 75.6 Å². The van der Waals surface area contributed by atoms with E-state index in [-0.39, 0.29) is 5.91 Å². The molecule has 104 valence electrons. The van der Waals surface area contributed by atoms with Crippen LogP contribution >= 0.6 is 22.6 Å². The van der Waals surface area contributed by atoms with Crippen molar-refractivity contribution >= 4 is 40.2 Å². The Balaban J connectivity index is 1.78. The largest absolute Gasteiger partial charge is 0.481 e. The molecular weight excluding hydrogens is 373 g/mol. The lowest BCUT2D eigenvalue weighted by molar-refractivity contribution is -0.145. The van der Waals surface area contributed by atoms with E-state index in [1.165, 1.54) is 0 Å². The second-order valence-electron chi connectivity index (χ2n) is 4.84. The summed E-state index contributed by atoms with van der Waals surface area (Å²) in [6.45, 7) is 0. The Kier molecular flexibility index (Phi) is 3.51. The van der Waals surface area contributed by atoms with Crippen molar-refractivity contribution in [3.05, 3.63) is 40.0 Å². The highest BCUT2D eigenvalue weighted by Gasteiger charge is 2.53. The van der Waals surface area contributed by atoms with Gasteiger partial charge in [-0.3, -0.25) is 9.59 Å². The number of benzene rings is 1. The van der Waals surface area contributed by atoms with E-state index in [0.717, 1.165) is 3.57 Å². The Bertz CT molecular complexity index is 583. The molecule has 5 nitrogen and oxygen atoms in total. The number of aliphatic carboxylic acids is 1. The van der Waals surface area contributed by atoms with Crippen LogP contribution in [-0.2, 0) is 14.3 Å². The van der Waals surface area contributed by atoms with Gasteiger partial charge in [-0.05, 0) is 46.9 Å². The van der Waals surface area contributed by atoms with Gasteiger partial charge in [-0.15, -0.1) is 0 Å². The van der Waals surface area contributed by atoms with Crippen LogP contribution < -0.4 is 5.32 Å². The third-order valence-electron chi connectivity index (χ3n) is 3.60. The number of carbonyl (C=O) groups excluding carboxylic acids is 1. The lowest BCUT2D eigenvalue weighted by atomic mass is 9.82. The molecule has 1 aromatic carbocycles. The highest BCUT2D eigenvalue weighted by atomic mass is 127. The molecule has 0 aromatic heterocycles. The van der Waals surface area contributed by atoms with Gasteiger partial charge in [0, 0.05) is 9.26 Å². The van der Waals surface area contributed by atoms with E-state index >= 15 is 0 Å². The minimum absolute atomic E-state index is 0.310. The van der Waals surface area contributed by atoms with Gasteiger partial charge >= 0.3 is 5.97 Å². The van der Waals surface area contributed by atoms with Crippen molar-refractivity contribution in [2.75, 3.05) is 5.32 Å². The fourth-order valence-corrected chi connectivity index (χ4v) is 3.03. The number of hydrogen-bond donors (Lipinski definition) is 2. The normalized spacial score (nSPS) is 30.4. The van der Waals surface area contributed by atoms with Gasteiger partial charge in [0.25, 0.3) is 0 Å². The third kappa shape index (κ3) is 2.33. The van der Waals surface area contributed by atoms with Gasteiger partial charge in [-0.1, -0.05) is 12.2 Å². The van der Waals surface area contributed by atoms with Crippen LogP contribution in [0.5, 0.6) is 0 Å². The molecule has 2 aliphatic rings. The van der Waals surface area contributed by atoms with Crippen molar-refractivity contribution in [1.29, 1.82) is 0 Å². The first-order valence-corrected chi connectivity index (χ1v) is 7.27. The first-order chi connectivity index (χ1) is 9.56. The number of rotatable bonds is 3. The Hall–Kier alpha value is -1.41. The number of hydrogen-bond acceptors (Lipinski definition) is 3. The van der Waals surface area contributed by atoms with Crippen molar-refractivity contribution < 1.29 is 19.4 Å². The minimum Gasteiger partial charge on any atom is -0.481 e. The first kappa shape index (κ1) is 13.6. The molecule has 0 aliphatic carbocycles. The first-order valence-electron chi connectivity index (χ1n) is 6.19. The van der Waals surface area contributed by atoms with Crippen LogP contribution in [0.1, 0.15) is 0 Å². The van der Waals surface area contributed by atoms with E-state index in [2.05, 4.69) is 27.9 Å². The summed E-state index contributed by atoms with van der Waals surface area (Å²) in [5.41, 5.74) is 0.659. The monoisotopic (exact) mass is 385 g/mol. The lowest BCUT2D eigenvalue weighted by Crippen LogP contribution is -2.39. The molecule has 0 saturated carbocycles. The molecule has 2 N–H and O–H groups in total. The molecule has 20 heavy (non-hydrogen) atoms. The van der Waals surface area contributed by atoms with Crippen molar-refractivity contribution in [2.24, 2.45) is 11.8 Å². The van der Waals surface area contributed by atoms with Crippen molar-refractivity contribution in [3.63, 3.8) is 0 Å². The highest BCUT2D eigenvalue weighted by Crippen LogP contribution is 2.39. The molecule has 2 aliphatic heterocycles. The average Bonchev–Trinajstić information content (AvgIpc) is 3.01. The van der Waals surface area contributed by atoms with Gasteiger partial charge < -0.3 is 15.2 Å². The number of nitrogens with one attached hydrogen (secondary N) is 1. The van der Waals surface area contributed by atoms with Crippen molar-refractivity contribution in [1.82, 2.24) is 0 Å². The summed E-state index contributed by atoms with van der Waals surface area (Å²) < 4.78 is 6.55. The zero-order chi connectivity index (χ0) is 14.3. The fraction of sp³-hybridized carbons (Fsp3) is 0.286. The average molecular weight is 385 g/mol. The maximum Gasteiger partial charge on any atom is 0.310 e. The van der Waals surface area contributed by atoms with E-state index in [9.17, 15) is 14.7 Å². The molecule has 1 fully saturated rings. The third-order valence-corrected chi connectivity index (χ3v) is 4.32. The molecule has 6 heteroatoms. The lowest BCUT2D eigenvalue weighted by Gasteiger charge is -2.20. The molecule has 2 heterocycles. The molecule has 1 saturated heterocycles. The number of anilines is 1. The summed E-state index contributed by atoms with van der Waals surface area (Å²) in [6.07, 6.45) is 2.55. The smallest absolute Gasteiger partial charge is 0.310 e. The number of carbonyl (C=O) groups is 2. The Morgan fingerprint density at radius 1 is 1.10 bits per heavy atom. The fourth-order valence-electron chi connectivity index (χ4n) is 2.67. The number of amides is 1. The molecule has 2 bridgehead atoms. The van der Waals surface area contributed by atoms with Crippen LogP contribution in [0.4, 0.5) is 5.69 Å². The van der Waals surface area contributed by atoms with Gasteiger partial charge in [0.05, 0.1) is 18.1 Å². The highest BCUT2D eigenvalue weighted by molar-refractivity contribution is 14.1. The minimum atomic E-state index is -0.996. The van der Waals surface area contributed by atoms with Gasteiger partial charge in [0.1, 0.15) is 5.92 Å². The number of halogens is 1. The number of ether oxygens (including phenoxy) is 1. The van der Waals surface area contributed by atoms with Gasteiger partial charge in [-0.25, -0.2) is 0 Å². The Morgan fingerprint density at radius 3 is 2.30 bits per heavy atom. The molecular formula is C14H12INO4. The predicted octanol–water partition coefficient (Wildman–Crippen LogP) is 1.88. The summed E-state index contributed by atoms with van der Waals surface area (Å²) in [7, 11) is 0. The van der Waals surface area contributed by atoms with Gasteiger partial charge in [0.15, 0.2) is 0 Å². The van der Waals surface area contributed by atoms with Crippen molar-refractivity contribution in [3.8, 4) is 0 Å². The van der Waals surface area contributed by atoms with E-state index < -0.39 is 30.0 Å². The van der Waals surface area contributed by atoms with E-state index in [1.54, 1.807) is 24.3 Å². The summed E-state index contributed by atoms with van der Waals surface area (Å²) in [6, 6.07) is 7.34. The Morgan fingerprint density at radius 2 is 1.70 bits per heavy atom. The van der Waals surface area contributed by atoms with E-state index in [0.29, 0.717) is 5.69 Å². The summed E-state index contributed by atoms with van der Waals surface area (Å²) in [5.74, 6) is -2.80. The molecule has 3 rings (SSSR count).